The fraction of sp³-hybridized carbons (Fsp3) is 0.167. The lowest BCUT2D eigenvalue weighted by molar-refractivity contribution is 0.0592. The van der Waals surface area contributed by atoms with Crippen molar-refractivity contribution in [3.05, 3.63) is 71.8 Å². The number of hydrogen-bond donors (Lipinski definition) is 1. The van der Waals surface area contributed by atoms with Crippen LogP contribution in [0.5, 0.6) is 23.0 Å². The Balaban J connectivity index is 1.62. The minimum Gasteiger partial charge on any atom is -0.493 e. The van der Waals surface area contributed by atoms with Gasteiger partial charge in [-0.1, -0.05) is 6.07 Å². The Morgan fingerprint density at radius 2 is 1.47 bits per heavy atom. The second-order valence-corrected chi connectivity index (χ2v) is 6.65. The monoisotopic (exact) mass is 465 g/mol. The fourth-order valence-electron chi connectivity index (χ4n) is 2.93. The molecule has 10 heteroatoms. The summed E-state index contributed by atoms with van der Waals surface area (Å²) >= 11 is 0. The number of para-hydroxylation sites is 1. The summed E-state index contributed by atoms with van der Waals surface area (Å²) in [5.74, 6) is 0.412. The Bertz CT molecular complexity index is 1190. The van der Waals surface area contributed by atoms with E-state index in [1.165, 1.54) is 34.5 Å². The van der Waals surface area contributed by atoms with Crippen molar-refractivity contribution in [1.29, 1.82) is 0 Å². The molecule has 0 aromatic heterocycles. The fourth-order valence-corrected chi connectivity index (χ4v) is 2.93. The smallest absolute Gasteiger partial charge is 0.366 e. The maximum Gasteiger partial charge on any atom is 0.366 e. The molecule has 3 aromatic rings. The number of nitrogens with zero attached hydrogens (tertiary/aromatic N) is 2. The number of azo groups is 1. The van der Waals surface area contributed by atoms with Crippen molar-refractivity contribution in [3.8, 4) is 23.0 Å². The van der Waals surface area contributed by atoms with Crippen LogP contribution in [-0.2, 0) is 4.84 Å². The molecule has 0 bridgehead atoms. The number of anilines is 1. The maximum atomic E-state index is 12.4. The van der Waals surface area contributed by atoms with Crippen molar-refractivity contribution in [2.45, 2.75) is 0 Å². The number of methoxy groups -OCH3 is 4. The van der Waals surface area contributed by atoms with E-state index in [1.54, 1.807) is 54.6 Å². The summed E-state index contributed by atoms with van der Waals surface area (Å²) in [5, 5.41) is 7.68. The van der Waals surface area contributed by atoms with Crippen LogP contribution in [0.3, 0.4) is 0 Å². The van der Waals surface area contributed by atoms with Gasteiger partial charge in [-0.25, -0.2) is 10.3 Å². The van der Waals surface area contributed by atoms with Crippen molar-refractivity contribution in [2.75, 3.05) is 33.9 Å². The number of nitrogens with one attached hydrogen (secondary N) is 1. The summed E-state index contributed by atoms with van der Waals surface area (Å²) in [6.07, 6.45) is 0. The zero-order valence-electron chi connectivity index (χ0n) is 19.0. The average molecular weight is 465 g/mol. The largest absolute Gasteiger partial charge is 0.493 e. The Kier molecular flexibility index (Phi) is 8.01. The Hall–Kier alpha value is -4.60. The van der Waals surface area contributed by atoms with Gasteiger partial charge < -0.3 is 23.8 Å². The Morgan fingerprint density at radius 1 is 0.765 bits per heavy atom. The minimum atomic E-state index is -0.653. The molecule has 0 unspecified atom stereocenters. The van der Waals surface area contributed by atoms with Crippen molar-refractivity contribution in [1.82, 2.24) is 0 Å². The summed E-state index contributed by atoms with van der Waals surface area (Å²) in [4.78, 5) is 29.9. The van der Waals surface area contributed by atoms with E-state index in [0.29, 0.717) is 34.2 Å². The predicted octanol–water partition coefficient (Wildman–Crippen LogP) is 4.83. The molecule has 176 valence electrons. The SMILES string of the molecule is COc1ccc(C(=O)N=Nc2ccc(NOC(=O)c3cccc(OC)c3OC)cc2)cc1OC. The van der Waals surface area contributed by atoms with Gasteiger partial charge in [0.1, 0.15) is 5.56 Å². The average Bonchev–Trinajstić information content (AvgIpc) is 2.89. The van der Waals surface area contributed by atoms with Gasteiger partial charge in [0.15, 0.2) is 23.0 Å². The first-order valence-corrected chi connectivity index (χ1v) is 9.97. The molecule has 0 fully saturated rings. The number of amides is 1. The van der Waals surface area contributed by atoms with Gasteiger partial charge in [-0.15, -0.1) is 10.2 Å². The first-order valence-electron chi connectivity index (χ1n) is 9.97. The van der Waals surface area contributed by atoms with Crippen LogP contribution in [0.15, 0.2) is 70.9 Å². The maximum absolute atomic E-state index is 12.4. The molecule has 0 saturated heterocycles. The quantitative estimate of drug-likeness (QED) is 0.353. The highest BCUT2D eigenvalue weighted by atomic mass is 16.7. The summed E-state index contributed by atoms with van der Waals surface area (Å²) < 4.78 is 20.8. The van der Waals surface area contributed by atoms with Gasteiger partial charge >= 0.3 is 5.97 Å². The third-order valence-corrected chi connectivity index (χ3v) is 4.64. The second-order valence-electron chi connectivity index (χ2n) is 6.65. The molecule has 0 aliphatic rings. The van der Waals surface area contributed by atoms with Crippen molar-refractivity contribution < 1.29 is 33.4 Å². The molecule has 0 heterocycles. The van der Waals surface area contributed by atoms with Gasteiger partial charge in [0.05, 0.1) is 39.8 Å². The number of carbonyl (C=O) groups is 2. The molecule has 0 aliphatic carbocycles. The Labute approximate surface area is 196 Å². The highest BCUT2D eigenvalue weighted by Crippen LogP contribution is 2.31. The molecule has 0 saturated carbocycles. The highest BCUT2D eigenvalue weighted by molar-refractivity contribution is 5.95. The molecule has 3 rings (SSSR count). The third-order valence-electron chi connectivity index (χ3n) is 4.64. The van der Waals surface area contributed by atoms with Gasteiger partial charge in [0.25, 0.3) is 5.91 Å². The van der Waals surface area contributed by atoms with Crippen LogP contribution in [0, 0.1) is 0 Å². The summed E-state index contributed by atoms with van der Waals surface area (Å²) in [6, 6.07) is 16.0. The van der Waals surface area contributed by atoms with Crippen LogP contribution in [0.4, 0.5) is 11.4 Å². The van der Waals surface area contributed by atoms with E-state index in [-0.39, 0.29) is 11.3 Å². The van der Waals surface area contributed by atoms with Gasteiger partial charge in [-0.3, -0.25) is 4.79 Å². The summed E-state index contributed by atoms with van der Waals surface area (Å²) in [6.45, 7) is 0. The van der Waals surface area contributed by atoms with Crippen molar-refractivity contribution in [3.63, 3.8) is 0 Å². The number of ether oxygens (including phenoxy) is 4. The molecular weight excluding hydrogens is 442 g/mol. The molecule has 0 atom stereocenters. The molecular formula is C24H23N3O7. The lowest BCUT2D eigenvalue weighted by atomic mass is 10.2. The molecule has 0 spiro atoms. The van der Waals surface area contributed by atoms with E-state index in [0.717, 1.165) is 0 Å². The number of hydrogen-bond acceptors (Lipinski definition) is 9. The third kappa shape index (κ3) is 5.60. The number of carbonyl (C=O) groups excluding carboxylic acids is 2. The first kappa shape index (κ1) is 24.1. The van der Waals surface area contributed by atoms with E-state index in [9.17, 15) is 9.59 Å². The summed E-state index contributed by atoms with van der Waals surface area (Å²) in [5.41, 5.74) is 3.99. The van der Waals surface area contributed by atoms with Crippen LogP contribution in [-0.4, -0.2) is 40.3 Å². The molecule has 1 amide bonds. The van der Waals surface area contributed by atoms with Crippen LogP contribution in [0.1, 0.15) is 20.7 Å². The minimum absolute atomic E-state index is 0.202. The first-order chi connectivity index (χ1) is 16.5. The van der Waals surface area contributed by atoms with Crippen molar-refractivity contribution in [2.24, 2.45) is 10.2 Å². The van der Waals surface area contributed by atoms with Crippen LogP contribution in [0.25, 0.3) is 0 Å². The van der Waals surface area contributed by atoms with Gasteiger partial charge in [0, 0.05) is 5.56 Å². The second kappa shape index (κ2) is 11.3. The normalized spacial score (nSPS) is 10.5. The van der Waals surface area contributed by atoms with E-state index < -0.39 is 11.9 Å². The molecule has 0 aliphatic heterocycles. The molecule has 0 radical (unpaired) electrons. The van der Waals surface area contributed by atoms with E-state index in [4.69, 9.17) is 23.8 Å². The molecule has 1 N–H and O–H groups in total. The van der Waals surface area contributed by atoms with Gasteiger partial charge in [0.2, 0.25) is 0 Å². The Morgan fingerprint density at radius 3 is 2.12 bits per heavy atom. The van der Waals surface area contributed by atoms with Gasteiger partial charge in [-0.05, 0) is 54.6 Å². The molecule has 10 nitrogen and oxygen atoms in total. The topological polar surface area (TPSA) is 117 Å². The van der Waals surface area contributed by atoms with E-state index >= 15 is 0 Å². The lowest BCUT2D eigenvalue weighted by Gasteiger charge is -2.12. The zero-order chi connectivity index (χ0) is 24.5. The van der Waals surface area contributed by atoms with Crippen LogP contribution < -0.4 is 24.4 Å². The van der Waals surface area contributed by atoms with Crippen molar-refractivity contribution >= 4 is 23.3 Å². The predicted molar refractivity (Wildman–Crippen MR) is 123 cm³/mol. The van der Waals surface area contributed by atoms with E-state index in [1.807, 2.05) is 0 Å². The molecule has 34 heavy (non-hydrogen) atoms. The number of benzene rings is 3. The number of rotatable bonds is 9. The molecule has 3 aromatic carbocycles. The van der Waals surface area contributed by atoms with Gasteiger partial charge in [-0.2, -0.15) is 0 Å². The lowest BCUT2D eigenvalue weighted by Crippen LogP contribution is -2.12. The summed E-state index contributed by atoms with van der Waals surface area (Å²) in [7, 11) is 5.90. The zero-order valence-corrected chi connectivity index (χ0v) is 19.0. The van der Waals surface area contributed by atoms with E-state index in [2.05, 4.69) is 15.7 Å². The standard InChI is InChI=1S/C24H23N3O7/c1-30-19-13-8-15(14-21(19)32-3)23(28)26-25-16-9-11-17(12-10-16)27-34-24(29)18-6-5-7-20(31-2)22(18)33-4/h5-14,27H,1-4H3. The van der Waals surface area contributed by atoms with Crippen LogP contribution in [0.2, 0.25) is 0 Å². The van der Waals surface area contributed by atoms with Crippen LogP contribution >= 0.6 is 0 Å². The highest BCUT2D eigenvalue weighted by Gasteiger charge is 2.18.